The molecule has 1 aromatic heterocycles. The van der Waals surface area contributed by atoms with Crippen LogP contribution < -0.4 is 5.32 Å². The van der Waals surface area contributed by atoms with Crippen molar-refractivity contribution in [1.29, 1.82) is 0 Å². The van der Waals surface area contributed by atoms with Crippen molar-refractivity contribution in [3.05, 3.63) is 33.7 Å². The van der Waals surface area contributed by atoms with Gasteiger partial charge in [0.15, 0.2) is 5.82 Å². The number of nitrogens with zero attached hydrogens (tertiary/aromatic N) is 2. The van der Waals surface area contributed by atoms with Crippen molar-refractivity contribution in [3.63, 3.8) is 0 Å². The topological polar surface area (TPSA) is 51.0 Å². The van der Waals surface area contributed by atoms with Gasteiger partial charge in [-0.1, -0.05) is 17.3 Å². The number of halogens is 1. The number of nitrogens with one attached hydrogen (secondary N) is 1. The smallest absolute Gasteiger partial charge is 0.259 e. The fraction of sp³-hybridized carbons (Fsp3) is 0.200. The average Bonchev–Trinajstić information content (AvgIpc) is 2.68. The predicted octanol–water partition coefficient (Wildman–Crippen LogP) is 2.06. The molecule has 2 rings (SSSR count). The minimum Gasteiger partial charge on any atom is -0.334 e. The van der Waals surface area contributed by atoms with E-state index in [2.05, 4.69) is 38.0 Å². The predicted molar refractivity (Wildman–Crippen MR) is 65.2 cm³/mol. The summed E-state index contributed by atoms with van der Waals surface area (Å²) in [6.07, 6.45) is 0. The monoisotopic (exact) mass is 315 g/mol. The van der Waals surface area contributed by atoms with Crippen molar-refractivity contribution < 1.29 is 4.52 Å². The van der Waals surface area contributed by atoms with Crippen LogP contribution in [-0.4, -0.2) is 17.2 Å². The summed E-state index contributed by atoms with van der Waals surface area (Å²) in [5.74, 6) is 1.25. The van der Waals surface area contributed by atoms with Crippen LogP contribution in [0.4, 0.5) is 0 Å². The first kappa shape index (κ1) is 10.6. The molecule has 15 heavy (non-hydrogen) atoms. The minimum atomic E-state index is 0.574. The highest BCUT2D eigenvalue weighted by Gasteiger charge is 2.10. The Bertz CT molecular complexity index is 455. The van der Waals surface area contributed by atoms with E-state index >= 15 is 0 Å². The van der Waals surface area contributed by atoms with E-state index in [1.54, 1.807) is 0 Å². The molecule has 0 saturated carbocycles. The van der Waals surface area contributed by atoms with Crippen LogP contribution in [0.5, 0.6) is 0 Å². The average molecular weight is 315 g/mol. The molecule has 0 aliphatic rings. The molecule has 1 N–H and O–H groups in total. The van der Waals surface area contributed by atoms with Crippen molar-refractivity contribution in [2.45, 2.75) is 6.54 Å². The number of benzene rings is 1. The van der Waals surface area contributed by atoms with Gasteiger partial charge in [-0.15, -0.1) is 0 Å². The maximum atomic E-state index is 5.18. The van der Waals surface area contributed by atoms with E-state index < -0.39 is 0 Å². The molecule has 4 nitrogen and oxygen atoms in total. The fourth-order valence-corrected chi connectivity index (χ4v) is 1.85. The summed E-state index contributed by atoms with van der Waals surface area (Å²) in [4.78, 5) is 4.29. The van der Waals surface area contributed by atoms with Gasteiger partial charge in [0, 0.05) is 3.57 Å². The number of rotatable bonds is 3. The molecule has 0 saturated heterocycles. The van der Waals surface area contributed by atoms with Crippen LogP contribution in [0.25, 0.3) is 11.5 Å². The highest BCUT2D eigenvalue weighted by Crippen LogP contribution is 2.22. The Labute approximate surface area is 101 Å². The van der Waals surface area contributed by atoms with Crippen LogP contribution in [-0.2, 0) is 6.54 Å². The van der Waals surface area contributed by atoms with E-state index in [4.69, 9.17) is 4.52 Å². The van der Waals surface area contributed by atoms with Gasteiger partial charge in [0.2, 0.25) is 0 Å². The second-order valence-electron chi connectivity index (χ2n) is 3.03. The highest BCUT2D eigenvalue weighted by atomic mass is 127. The van der Waals surface area contributed by atoms with Crippen molar-refractivity contribution in [2.24, 2.45) is 0 Å². The number of hydrogen-bond donors (Lipinski definition) is 1. The van der Waals surface area contributed by atoms with Gasteiger partial charge < -0.3 is 9.84 Å². The van der Waals surface area contributed by atoms with Crippen LogP contribution in [0.1, 0.15) is 5.82 Å². The Hall–Kier alpha value is -0.950. The van der Waals surface area contributed by atoms with E-state index in [-0.39, 0.29) is 0 Å². The second-order valence-corrected chi connectivity index (χ2v) is 4.19. The van der Waals surface area contributed by atoms with Gasteiger partial charge in [0.1, 0.15) is 0 Å². The zero-order valence-electron chi connectivity index (χ0n) is 8.20. The largest absolute Gasteiger partial charge is 0.334 e. The zero-order chi connectivity index (χ0) is 10.7. The fourth-order valence-electron chi connectivity index (χ4n) is 1.23. The van der Waals surface area contributed by atoms with Crippen LogP contribution in [0.3, 0.4) is 0 Å². The van der Waals surface area contributed by atoms with Gasteiger partial charge in [0.25, 0.3) is 5.89 Å². The molecule has 0 radical (unpaired) electrons. The molecular formula is C10H10IN3O. The van der Waals surface area contributed by atoms with Gasteiger partial charge in [-0.05, 0) is 41.8 Å². The lowest BCUT2D eigenvalue weighted by molar-refractivity contribution is 0.420. The van der Waals surface area contributed by atoms with Crippen LogP contribution in [0.15, 0.2) is 28.8 Å². The Morgan fingerprint density at radius 3 is 2.93 bits per heavy atom. The van der Waals surface area contributed by atoms with Crippen molar-refractivity contribution in [2.75, 3.05) is 7.05 Å². The molecule has 0 fully saturated rings. The molecule has 1 aromatic carbocycles. The first-order valence-electron chi connectivity index (χ1n) is 4.53. The normalized spacial score (nSPS) is 10.5. The van der Waals surface area contributed by atoms with E-state index in [9.17, 15) is 0 Å². The molecule has 0 unspecified atom stereocenters. The summed E-state index contributed by atoms with van der Waals surface area (Å²) in [5.41, 5.74) is 0.980. The SMILES string of the molecule is CNCc1noc(-c2ccccc2I)n1. The molecule has 0 bridgehead atoms. The third-order valence-corrected chi connectivity index (χ3v) is 2.85. The molecule has 0 aliphatic carbocycles. The first-order chi connectivity index (χ1) is 7.31. The number of hydrogen-bond acceptors (Lipinski definition) is 4. The van der Waals surface area contributed by atoms with Crippen molar-refractivity contribution in [3.8, 4) is 11.5 Å². The summed E-state index contributed by atoms with van der Waals surface area (Å²) in [6.45, 7) is 0.618. The molecule has 78 valence electrons. The quantitative estimate of drug-likeness (QED) is 0.881. The van der Waals surface area contributed by atoms with E-state index in [1.165, 1.54) is 0 Å². The summed E-state index contributed by atoms with van der Waals surface area (Å²) < 4.78 is 6.28. The maximum Gasteiger partial charge on any atom is 0.259 e. The van der Waals surface area contributed by atoms with Gasteiger partial charge >= 0.3 is 0 Å². The summed E-state index contributed by atoms with van der Waals surface area (Å²) >= 11 is 2.25. The molecule has 0 spiro atoms. The van der Waals surface area contributed by atoms with E-state index in [0.29, 0.717) is 18.3 Å². The molecule has 2 aromatic rings. The third kappa shape index (κ3) is 2.35. The van der Waals surface area contributed by atoms with E-state index in [0.717, 1.165) is 9.13 Å². The standard InChI is InChI=1S/C10H10IN3O/c1-12-6-9-13-10(15-14-9)7-4-2-3-5-8(7)11/h2-5,12H,6H2,1H3. The Balaban J connectivity index is 2.33. The summed E-state index contributed by atoms with van der Waals surface area (Å²) in [5, 5.41) is 6.85. The van der Waals surface area contributed by atoms with E-state index in [1.807, 2.05) is 31.3 Å². The molecule has 5 heteroatoms. The highest BCUT2D eigenvalue weighted by molar-refractivity contribution is 14.1. The molecule has 0 amide bonds. The lowest BCUT2D eigenvalue weighted by Gasteiger charge is -1.96. The van der Waals surface area contributed by atoms with Gasteiger partial charge in [0.05, 0.1) is 12.1 Å². The minimum absolute atomic E-state index is 0.574. The van der Waals surface area contributed by atoms with Gasteiger partial charge in [-0.25, -0.2) is 0 Å². The lowest BCUT2D eigenvalue weighted by Crippen LogP contribution is -2.06. The van der Waals surface area contributed by atoms with Crippen LogP contribution in [0.2, 0.25) is 0 Å². The Morgan fingerprint density at radius 2 is 2.20 bits per heavy atom. The lowest BCUT2D eigenvalue weighted by atomic mass is 10.2. The van der Waals surface area contributed by atoms with Gasteiger partial charge in [-0.3, -0.25) is 0 Å². The van der Waals surface area contributed by atoms with Crippen LogP contribution >= 0.6 is 22.6 Å². The first-order valence-corrected chi connectivity index (χ1v) is 5.61. The zero-order valence-corrected chi connectivity index (χ0v) is 10.4. The Morgan fingerprint density at radius 1 is 1.40 bits per heavy atom. The molecule has 1 heterocycles. The second kappa shape index (κ2) is 4.71. The van der Waals surface area contributed by atoms with Crippen molar-refractivity contribution in [1.82, 2.24) is 15.5 Å². The molecule has 0 aliphatic heterocycles. The molecule has 0 atom stereocenters. The third-order valence-electron chi connectivity index (χ3n) is 1.91. The molecular weight excluding hydrogens is 305 g/mol. The number of aromatic nitrogens is 2. The summed E-state index contributed by atoms with van der Waals surface area (Å²) in [7, 11) is 1.85. The van der Waals surface area contributed by atoms with Gasteiger partial charge in [-0.2, -0.15) is 4.98 Å². The maximum absolute atomic E-state index is 5.18. The van der Waals surface area contributed by atoms with Crippen molar-refractivity contribution >= 4 is 22.6 Å². The Kier molecular flexibility index (Phi) is 3.32. The summed E-state index contributed by atoms with van der Waals surface area (Å²) in [6, 6.07) is 7.92. The van der Waals surface area contributed by atoms with Crippen LogP contribution in [0, 0.1) is 3.57 Å².